The fourth-order valence-electron chi connectivity index (χ4n) is 2.40. The molecule has 0 atom stereocenters. The van der Waals surface area contributed by atoms with Gasteiger partial charge in [0.2, 0.25) is 11.8 Å². The summed E-state index contributed by atoms with van der Waals surface area (Å²) in [6, 6.07) is 5.66. The van der Waals surface area contributed by atoms with Gasteiger partial charge in [-0.1, -0.05) is 46.4 Å². The zero-order chi connectivity index (χ0) is 23.7. The highest BCUT2D eigenvalue weighted by atomic mass is 35.5. The lowest BCUT2D eigenvalue weighted by Crippen LogP contribution is -2.19. The molecular formula is C20H18Cl4N4O4. The summed E-state index contributed by atoms with van der Waals surface area (Å²) in [6.07, 6.45) is 3.62. The number of carbonyl (C=O) groups excluding carboxylic acids is 2. The van der Waals surface area contributed by atoms with Gasteiger partial charge in [-0.05, 0) is 37.1 Å². The molecule has 0 saturated heterocycles. The second kappa shape index (κ2) is 12.5. The monoisotopic (exact) mass is 518 g/mol. The molecule has 0 bridgehead atoms. The van der Waals surface area contributed by atoms with Crippen molar-refractivity contribution in [3.63, 3.8) is 0 Å². The maximum Gasteiger partial charge on any atom is 0.240 e. The molecule has 0 aliphatic carbocycles. The normalized spacial score (nSPS) is 11.2. The summed E-state index contributed by atoms with van der Waals surface area (Å²) >= 11 is 23.3. The molecule has 2 rings (SSSR count). The number of hydrazone groups is 2. The fraction of sp³-hybridized carbons (Fsp3) is 0.200. The van der Waals surface area contributed by atoms with E-state index in [4.69, 9.17) is 46.4 Å². The smallest absolute Gasteiger partial charge is 0.240 e. The molecule has 170 valence electrons. The summed E-state index contributed by atoms with van der Waals surface area (Å²) in [5.74, 6) is -1.12. The van der Waals surface area contributed by atoms with Gasteiger partial charge in [0.1, 0.15) is 11.5 Å². The highest BCUT2D eigenvalue weighted by molar-refractivity contribution is 6.36. The SMILES string of the molecule is O=C(CCCCC(=O)N/N=C/c1cc(Cl)cc(Cl)c1O)N/N=C/c1cc(Cl)cc(Cl)c1O. The van der Waals surface area contributed by atoms with Gasteiger partial charge in [-0.2, -0.15) is 10.2 Å². The number of phenolic OH excluding ortho intramolecular Hbond substituents is 2. The standard InChI is InChI=1S/C20H18Cl4N4O4/c21-13-5-11(19(31)15(23)7-13)9-25-27-17(29)3-1-2-4-18(30)28-26-10-12-6-14(22)8-16(24)20(12)32/h5-10,31-32H,1-4H2,(H,27,29)(H,28,30)/b25-9+,26-10+. The van der Waals surface area contributed by atoms with E-state index in [-0.39, 0.29) is 57.3 Å². The molecule has 0 unspecified atom stereocenters. The van der Waals surface area contributed by atoms with Crippen LogP contribution in [0.15, 0.2) is 34.5 Å². The number of halogens is 4. The quantitative estimate of drug-likeness (QED) is 0.214. The summed E-state index contributed by atoms with van der Waals surface area (Å²) < 4.78 is 0. The second-order valence-corrected chi connectivity index (χ2v) is 8.13. The lowest BCUT2D eigenvalue weighted by molar-refractivity contribution is -0.123. The molecule has 0 radical (unpaired) electrons. The third-order valence-electron chi connectivity index (χ3n) is 3.96. The van der Waals surface area contributed by atoms with Gasteiger partial charge in [0.05, 0.1) is 22.5 Å². The van der Waals surface area contributed by atoms with Crippen molar-refractivity contribution in [2.45, 2.75) is 25.7 Å². The van der Waals surface area contributed by atoms with Crippen molar-refractivity contribution in [1.29, 1.82) is 0 Å². The Morgan fingerprint density at radius 1 is 0.750 bits per heavy atom. The predicted octanol–water partition coefficient (Wildman–Crippen LogP) is 4.87. The Labute approximate surface area is 203 Å². The minimum atomic E-state index is -0.361. The van der Waals surface area contributed by atoms with Crippen molar-refractivity contribution in [2.75, 3.05) is 0 Å². The molecule has 2 amide bonds. The number of unbranched alkanes of at least 4 members (excludes halogenated alkanes) is 1. The number of amides is 2. The molecule has 2 aromatic rings. The molecule has 2 aromatic carbocycles. The van der Waals surface area contributed by atoms with Crippen molar-refractivity contribution in [2.24, 2.45) is 10.2 Å². The summed E-state index contributed by atoms with van der Waals surface area (Å²) in [6.45, 7) is 0. The molecule has 0 heterocycles. The van der Waals surface area contributed by atoms with Crippen LogP contribution in [-0.2, 0) is 9.59 Å². The van der Waals surface area contributed by atoms with Gasteiger partial charge in [-0.3, -0.25) is 9.59 Å². The average molecular weight is 520 g/mol. The Morgan fingerprint density at radius 2 is 1.12 bits per heavy atom. The van der Waals surface area contributed by atoms with Crippen LogP contribution >= 0.6 is 46.4 Å². The van der Waals surface area contributed by atoms with Gasteiger partial charge >= 0.3 is 0 Å². The molecule has 0 aromatic heterocycles. The molecule has 32 heavy (non-hydrogen) atoms. The zero-order valence-corrected chi connectivity index (χ0v) is 19.4. The topological polar surface area (TPSA) is 123 Å². The fourth-order valence-corrected chi connectivity index (χ4v) is 3.42. The maximum absolute atomic E-state index is 11.8. The van der Waals surface area contributed by atoms with Crippen LogP contribution in [0.25, 0.3) is 0 Å². The van der Waals surface area contributed by atoms with Crippen LogP contribution < -0.4 is 10.9 Å². The summed E-state index contributed by atoms with van der Waals surface area (Å²) in [7, 11) is 0. The van der Waals surface area contributed by atoms with Gasteiger partial charge < -0.3 is 10.2 Å². The Balaban J connectivity index is 1.69. The second-order valence-electron chi connectivity index (χ2n) is 6.44. The van der Waals surface area contributed by atoms with E-state index in [9.17, 15) is 19.8 Å². The highest BCUT2D eigenvalue weighted by Gasteiger charge is 2.08. The number of carbonyl (C=O) groups is 2. The van der Waals surface area contributed by atoms with Crippen LogP contribution in [-0.4, -0.2) is 34.5 Å². The van der Waals surface area contributed by atoms with Gasteiger partial charge in [0, 0.05) is 34.0 Å². The third-order valence-corrected chi connectivity index (χ3v) is 4.97. The maximum atomic E-state index is 11.8. The first kappa shape index (κ1) is 25.7. The Morgan fingerprint density at radius 3 is 1.50 bits per heavy atom. The number of phenols is 2. The lowest BCUT2D eigenvalue weighted by atomic mass is 10.2. The zero-order valence-electron chi connectivity index (χ0n) is 16.4. The van der Waals surface area contributed by atoms with Crippen LogP contribution in [0.3, 0.4) is 0 Å². The first-order chi connectivity index (χ1) is 15.2. The van der Waals surface area contributed by atoms with Crippen LogP contribution in [0.5, 0.6) is 11.5 Å². The van der Waals surface area contributed by atoms with Crippen LogP contribution in [0.1, 0.15) is 36.8 Å². The molecule has 0 spiro atoms. The van der Waals surface area contributed by atoms with Crippen molar-refractivity contribution < 1.29 is 19.8 Å². The molecule has 0 saturated carbocycles. The Bertz CT molecular complexity index is 977. The number of aromatic hydroxyl groups is 2. The number of benzene rings is 2. The van der Waals surface area contributed by atoms with E-state index in [2.05, 4.69) is 21.1 Å². The largest absolute Gasteiger partial charge is 0.506 e. The molecule has 0 fully saturated rings. The van der Waals surface area contributed by atoms with Gasteiger partial charge in [0.25, 0.3) is 0 Å². The van der Waals surface area contributed by atoms with Crippen molar-refractivity contribution in [1.82, 2.24) is 10.9 Å². The molecule has 8 nitrogen and oxygen atoms in total. The summed E-state index contributed by atoms with van der Waals surface area (Å²) in [5.41, 5.74) is 5.15. The van der Waals surface area contributed by atoms with Crippen LogP contribution in [0.4, 0.5) is 0 Å². The minimum Gasteiger partial charge on any atom is -0.506 e. The van der Waals surface area contributed by atoms with Crippen LogP contribution in [0, 0.1) is 0 Å². The molecule has 12 heteroatoms. The average Bonchev–Trinajstić information content (AvgIpc) is 2.72. The first-order valence-corrected chi connectivity index (χ1v) is 10.7. The van der Waals surface area contributed by atoms with Crippen molar-refractivity contribution in [3.05, 3.63) is 55.5 Å². The Hall–Kier alpha value is -2.52. The number of hydrogen-bond donors (Lipinski definition) is 4. The van der Waals surface area contributed by atoms with Gasteiger partial charge in [0.15, 0.2) is 0 Å². The van der Waals surface area contributed by atoms with Crippen molar-refractivity contribution >= 4 is 70.6 Å². The highest BCUT2D eigenvalue weighted by Crippen LogP contribution is 2.30. The number of nitrogens with zero attached hydrogens (tertiary/aromatic N) is 2. The third kappa shape index (κ3) is 8.20. The van der Waals surface area contributed by atoms with E-state index >= 15 is 0 Å². The molecule has 4 N–H and O–H groups in total. The first-order valence-electron chi connectivity index (χ1n) is 9.17. The molecular weight excluding hydrogens is 502 g/mol. The van der Waals surface area contributed by atoms with Gasteiger partial charge in [-0.15, -0.1) is 0 Å². The van der Waals surface area contributed by atoms with E-state index in [1.54, 1.807) is 0 Å². The predicted molar refractivity (Wildman–Crippen MR) is 126 cm³/mol. The van der Waals surface area contributed by atoms with E-state index < -0.39 is 0 Å². The molecule has 0 aliphatic heterocycles. The summed E-state index contributed by atoms with van der Waals surface area (Å²) in [5, 5.41) is 27.9. The summed E-state index contributed by atoms with van der Waals surface area (Å²) in [4.78, 5) is 23.6. The number of nitrogens with one attached hydrogen (secondary N) is 2. The lowest BCUT2D eigenvalue weighted by Gasteiger charge is -2.04. The minimum absolute atomic E-state index is 0.0704. The van der Waals surface area contributed by atoms with Crippen molar-refractivity contribution in [3.8, 4) is 11.5 Å². The van der Waals surface area contributed by atoms with E-state index in [0.29, 0.717) is 22.9 Å². The Kier molecular flexibility index (Phi) is 10.1. The molecule has 0 aliphatic rings. The van der Waals surface area contributed by atoms with Gasteiger partial charge in [-0.25, -0.2) is 10.9 Å². The van der Waals surface area contributed by atoms with E-state index in [1.165, 1.54) is 36.7 Å². The van der Waals surface area contributed by atoms with E-state index in [1.807, 2.05) is 0 Å². The van der Waals surface area contributed by atoms with E-state index in [0.717, 1.165) is 0 Å². The number of hydrogen-bond acceptors (Lipinski definition) is 6. The van der Waals surface area contributed by atoms with Crippen LogP contribution in [0.2, 0.25) is 20.1 Å². The number of rotatable bonds is 9.